The first-order valence-corrected chi connectivity index (χ1v) is 7.94. The first-order chi connectivity index (χ1) is 12.0. The van der Waals surface area contributed by atoms with E-state index in [1.54, 1.807) is 24.3 Å². The van der Waals surface area contributed by atoms with Gasteiger partial charge in [-0.1, -0.05) is 17.7 Å². The van der Waals surface area contributed by atoms with Crippen molar-refractivity contribution in [2.75, 3.05) is 25.6 Å². The Labute approximate surface area is 150 Å². The SMILES string of the molecule is CCOc1cccc(OCC(=O)Nc2cc(C(=O)OC)ccc2Cl)c1. The number of nitrogens with one attached hydrogen (secondary N) is 1. The fourth-order valence-electron chi connectivity index (χ4n) is 2.02. The van der Waals surface area contributed by atoms with Gasteiger partial charge in [0.25, 0.3) is 5.91 Å². The van der Waals surface area contributed by atoms with Gasteiger partial charge in [0.05, 0.1) is 30.0 Å². The zero-order chi connectivity index (χ0) is 18.2. The molecule has 25 heavy (non-hydrogen) atoms. The summed E-state index contributed by atoms with van der Waals surface area (Å²) in [6.07, 6.45) is 0. The van der Waals surface area contributed by atoms with E-state index in [2.05, 4.69) is 10.1 Å². The summed E-state index contributed by atoms with van der Waals surface area (Å²) in [5.41, 5.74) is 0.591. The molecular weight excluding hydrogens is 346 g/mol. The van der Waals surface area contributed by atoms with Crippen molar-refractivity contribution in [2.45, 2.75) is 6.92 Å². The van der Waals surface area contributed by atoms with Gasteiger partial charge in [-0.25, -0.2) is 4.79 Å². The van der Waals surface area contributed by atoms with Crippen LogP contribution in [0.15, 0.2) is 42.5 Å². The van der Waals surface area contributed by atoms with Crippen molar-refractivity contribution in [1.29, 1.82) is 0 Å². The van der Waals surface area contributed by atoms with E-state index in [4.69, 9.17) is 21.1 Å². The molecule has 0 atom stereocenters. The maximum Gasteiger partial charge on any atom is 0.337 e. The summed E-state index contributed by atoms with van der Waals surface area (Å²) >= 11 is 6.04. The van der Waals surface area contributed by atoms with Crippen LogP contribution in [-0.2, 0) is 9.53 Å². The lowest BCUT2D eigenvalue weighted by molar-refractivity contribution is -0.118. The fourth-order valence-corrected chi connectivity index (χ4v) is 2.19. The number of benzene rings is 2. The predicted octanol–water partition coefficient (Wildman–Crippen LogP) is 3.54. The molecule has 0 aliphatic carbocycles. The molecule has 0 saturated carbocycles. The van der Waals surface area contributed by atoms with E-state index in [0.717, 1.165) is 0 Å². The third-order valence-corrected chi connectivity index (χ3v) is 3.48. The van der Waals surface area contributed by atoms with Crippen molar-refractivity contribution in [3.63, 3.8) is 0 Å². The molecule has 1 amide bonds. The van der Waals surface area contributed by atoms with Gasteiger partial charge in [-0.3, -0.25) is 4.79 Å². The molecule has 132 valence electrons. The minimum Gasteiger partial charge on any atom is -0.494 e. The molecule has 7 heteroatoms. The van der Waals surface area contributed by atoms with Crippen molar-refractivity contribution in [1.82, 2.24) is 0 Å². The van der Waals surface area contributed by atoms with Gasteiger partial charge in [-0.2, -0.15) is 0 Å². The van der Waals surface area contributed by atoms with Crippen LogP contribution in [0.1, 0.15) is 17.3 Å². The Morgan fingerprint density at radius 2 is 1.80 bits per heavy atom. The molecule has 2 aromatic rings. The van der Waals surface area contributed by atoms with Crippen LogP contribution in [0.2, 0.25) is 5.02 Å². The highest BCUT2D eigenvalue weighted by molar-refractivity contribution is 6.33. The number of amides is 1. The lowest BCUT2D eigenvalue weighted by Gasteiger charge is -2.11. The number of carbonyl (C=O) groups excluding carboxylic acids is 2. The van der Waals surface area contributed by atoms with Gasteiger partial charge in [0.2, 0.25) is 0 Å². The Hall–Kier alpha value is -2.73. The van der Waals surface area contributed by atoms with Crippen molar-refractivity contribution >= 4 is 29.2 Å². The maximum absolute atomic E-state index is 12.1. The van der Waals surface area contributed by atoms with Gasteiger partial charge in [0.1, 0.15) is 11.5 Å². The summed E-state index contributed by atoms with van der Waals surface area (Å²) in [4.78, 5) is 23.6. The zero-order valence-electron chi connectivity index (χ0n) is 13.9. The van der Waals surface area contributed by atoms with Crippen LogP contribution >= 0.6 is 11.6 Å². The summed E-state index contributed by atoms with van der Waals surface area (Å²) in [5, 5.41) is 2.91. The van der Waals surface area contributed by atoms with E-state index in [9.17, 15) is 9.59 Å². The molecule has 0 aliphatic heterocycles. The summed E-state index contributed by atoms with van der Waals surface area (Å²) in [5.74, 6) is 0.242. The minimum absolute atomic E-state index is 0.214. The average molecular weight is 364 g/mol. The third kappa shape index (κ3) is 5.39. The van der Waals surface area contributed by atoms with Crippen molar-refractivity contribution in [3.8, 4) is 11.5 Å². The number of hydrogen-bond donors (Lipinski definition) is 1. The topological polar surface area (TPSA) is 73.9 Å². The fraction of sp³-hybridized carbons (Fsp3) is 0.222. The molecule has 0 radical (unpaired) electrons. The first kappa shape index (κ1) is 18.6. The number of hydrogen-bond acceptors (Lipinski definition) is 5. The standard InChI is InChI=1S/C18H18ClNO5/c1-3-24-13-5-4-6-14(10-13)25-11-17(21)20-16-9-12(18(22)23-2)7-8-15(16)19/h4-10H,3,11H2,1-2H3,(H,20,21). The molecule has 0 unspecified atom stereocenters. The second kappa shape index (κ2) is 8.94. The van der Waals surface area contributed by atoms with Crippen LogP contribution in [0, 0.1) is 0 Å². The van der Waals surface area contributed by atoms with Crippen LogP contribution in [-0.4, -0.2) is 32.2 Å². The second-order valence-electron chi connectivity index (χ2n) is 4.93. The van der Waals surface area contributed by atoms with Crippen molar-refractivity contribution in [2.24, 2.45) is 0 Å². The maximum atomic E-state index is 12.1. The van der Waals surface area contributed by atoms with E-state index in [0.29, 0.717) is 28.8 Å². The highest BCUT2D eigenvalue weighted by Crippen LogP contribution is 2.24. The number of anilines is 1. The zero-order valence-corrected chi connectivity index (χ0v) is 14.6. The van der Waals surface area contributed by atoms with Crippen LogP contribution in [0.5, 0.6) is 11.5 Å². The number of methoxy groups -OCH3 is 1. The Kier molecular flexibility index (Phi) is 6.65. The lowest BCUT2D eigenvalue weighted by Crippen LogP contribution is -2.20. The lowest BCUT2D eigenvalue weighted by atomic mass is 10.2. The van der Waals surface area contributed by atoms with Crippen molar-refractivity contribution in [3.05, 3.63) is 53.1 Å². The largest absolute Gasteiger partial charge is 0.494 e. The third-order valence-electron chi connectivity index (χ3n) is 3.15. The number of ether oxygens (including phenoxy) is 3. The van der Waals surface area contributed by atoms with E-state index in [-0.39, 0.29) is 12.2 Å². The summed E-state index contributed by atoms with van der Waals surface area (Å²) in [7, 11) is 1.28. The molecule has 6 nitrogen and oxygen atoms in total. The quantitative estimate of drug-likeness (QED) is 0.761. The van der Waals surface area contributed by atoms with Gasteiger partial charge in [-0.05, 0) is 37.3 Å². The van der Waals surface area contributed by atoms with Crippen LogP contribution < -0.4 is 14.8 Å². The predicted molar refractivity (Wildman–Crippen MR) is 94.5 cm³/mol. The summed E-state index contributed by atoms with van der Waals surface area (Å²) < 4.78 is 15.4. The Balaban J connectivity index is 1.98. The number of carbonyl (C=O) groups is 2. The highest BCUT2D eigenvalue weighted by Gasteiger charge is 2.12. The van der Waals surface area contributed by atoms with Crippen LogP contribution in [0.4, 0.5) is 5.69 Å². The number of rotatable bonds is 7. The summed E-state index contributed by atoms with van der Waals surface area (Å²) in [6, 6.07) is 11.5. The molecule has 0 spiro atoms. The molecule has 0 aromatic heterocycles. The molecule has 2 rings (SSSR count). The highest BCUT2D eigenvalue weighted by atomic mass is 35.5. The minimum atomic E-state index is -0.517. The number of halogens is 1. The molecular formula is C18H18ClNO5. The first-order valence-electron chi connectivity index (χ1n) is 7.57. The monoisotopic (exact) mass is 363 g/mol. The molecule has 0 heterocycles. The van der Waals surface area contributed by atoms with Gasteiger partial charge < -0.3 is 19.5 Å². The van der Waals surface area contributed by atoms with E-state index in [1.165, 1.54) is 25.3 Å². The van der Waals surface area contributed by atoms with Gasteiger partial charge >= 0.3 is 5.97 Å². The molecule has 1 N–H and O–H groups in total. The van der Waals surface area contributed by atoms with E-state index in [1.807, 2.05) is 6.92 Å². The van der Waals surface area contributed by atoms with E-state index < -0.39 is 11.9 Å². The van der Waals surface area contributed by atoms with Gasteiger partial charge in [-0.15, -0.1) is 0 Å². The normalized spacial score (nSPS) is 10.0. The van der Waals surface area contributed by atoms with Gasteiger partial charge in [0, 0.05) is 6.07 Å². The Morgan fingerprint density at radius 1 is 1.08 bits per heavy atom. The smallest absolute Gasteiger partial charge is 0.337 e. The second-order valence-corrected chi connectivity index (χ2v) is 5.34. The Bertz CT molecular complexity index is 763. The van der Waals surface area contributed by atoms with Crippen LogP contribution in [0.25, 0.3) is 0 Å². The van der Waals surface area contributed by atoms with E-state index >= 15 is 0 Å². The summed E-state index contributed by atoms with van der Waals surface area (Å²) in [6.45, 7) is 2.21. The molecule has 0 bridgehead atoms. The molecule has 0 aliphatic rings. The van der Waals surface area contributed by atoms with Crippen LogP contribution in [0.3, 0.4) is 0 Å². The number of esters is 1. The van der Waals surface area contributed by atoms with Crippen molar-refractivity contribution < 1.29 is 23.8 Å². The molecule has 0 fully saturated rings. The van der Waals surface area contributed by atoms with Gasteiger partial charge in [0.15, 0.2) is 6.61 Å². The Morgan fingerprint density at radius 3 is 2.48 bits per heavy atom. The molecule has 0 saturated heterocycles. The molecule has 2 aromatic carbocycles. The average Bonchev–Trinajstić information content (AvgIpc) is 2.62.